The summed E-state index contributed by atoms with van der Waals surface area (Å²) in [7, 11) is 0. The SMILES string of the molecule is C[C@@H]1[C@@H](OC(=O)COc2cccc(NC(=O)C3CC3)c2)C[C@H]2C[C@H]1C2(C)C. The van der Waals surface area contributed by atoms with Gasteiger partial charge in [0.05, 0.1) is 0 Å². The van der Waals surface area contributed by atoms with E-state index in [9.17, 15) is 9.59 Å². The quantitative estimate of drug-likeness (QED) is 0.767. The van der Waals surface area contributed by atoms with Crippen LogP contribution in [0.2, 0.25) is 0 Å². The van der Waals surface area contributed by atoms with Crippen LogP contribution in [0.3, 0.4) is 0 Å². The van der Waals surface area contributed by atoms with E-state index in [0.29, 0.717) is 34.6 Å². The smallest absolute Gasteiger partial charge is 0.344 e. The highest BCUT2D eigenvalue weighted by molar-refractivity contribution is 5.94. The van der Waals surface area contributed by atoms with Gasteiger partial charge >= 0.3 is 5.97 Å². The van der Waals surface area contributed by atoms with Crippen LogP contribution in [0.25, 0.3) is 0 Å². The maximum atomic E-state index is 12.3. The summed E-state index contributed by atoms with van der Waals surface area (Å²) in [5.41, 5.74) is 1.07. The molecule has 0 heterocycles. The number of fused-ring (bicyclic) bond motifs is 2. The molecule has 4 aliphatic rings. The van der Waals surface area contributed by atoms with E-state index in [1.54, 1.807) is 12.1 Å². The highest BCUT2D eigenvalue weighted by atomic mass is 16.6. The van der Waals surface area contributed by atoms with E-state index >= 15 is 0 Å². The summed E-state index contributed by atoms with van der Waals surface area (Å²) < 4.78 is 11.3. The van der Waals surface area contributed by atoms with Crippen LogP contribution in [0.1, 0.15) is 46.5 Å². The molecule has 27 heavy (non-hydrogen) atoms. The van der Waals surface area contributed by atoms with Gasteiger partial charge in [0.2, 0.25) is 5.91 Å². The molecule has 1 N–H and O–H groups in total. The Balaban J connectivity index is 1.26. The molecule has 4 saturated carbocycles. The van der Waals surface area contributed by atoms with E-state index in [-0.39, 0.29) is 30.5 Å². The van der Waals surface area contributed by atoms with Gasteiger partial charge in [-0.25, -0.2) is 4.79 Å². The van der Waals surface area contributed by atoms with Crippen LogP contribution in [-0.2, 0) is 14.3 Å². The normalized spacial score (nSPS) is 30.8. The lowest BCUT2D eigenvalue weighted by atomic mass is 9.45. The van der Waals surface area contributed by atoms with Crippen LogP contribution in [0, 0.1) is 29.1 Å². The zero-order chi connectivity index (χ0) is 19.2. The van der Waals surface area contributed by atoms with E-state index in [4.69, 9.17) is 9.47 Å². The molecule has 0 spiro atoms. The molecule has 5 rings (SSSR count). The average Bonchev–Trinajstić information content (AvgIpc) is 3.47. The number of ether oxygens (including phenoxy) is 2. The monoisotopic (exact) mass is 371 g/mol. The van der Waals surface area contributed by atoms with Crippen molar-refractivity contribution in [3.05, 3.63) is 24.3 Å². The molecule has 5 nitrogen and oxygen atoms in total. The largest absolute Gasteiger partial charge is 0.482 e. The molecule has 0 unspecified atom stereocenters. The minimum absolute atomic E-state index is 0.00189. The van der Waals surface area contributed by atoms with Gasteiger partial charge in [0, 0.05) is 17.7 Å². The third kappa shape index (κ3) is 3.69. The van der Waals surface area contributed by atoms with Crippen molar-refractivity contribution in [1.29, 1.82) is 0 Å². The molecule has 146 valence electrons. The van der Waals surface area contributed by atoms with Crippen molar-refractivity contribution in [2.45, 2.75) is 52.6 Å². The summed E-state index contributed by atoms with van der Waals surface area (Å²) in [4.78, 5) is 24.1. The van der Waals surface area contributed by atoms with Crippen LogP contribution < -0.4 is 10.1 Å². The first-order chi connectivity index (χ1) is 12.8. The molecule has 0 aromatic heterocycles. The molecule has 5 heteroatoms. The fraction of sp³-hybridized carbons (Fsp3) is 0.636. The minimum Gasteiger partial charge on any atom is -0.482 e. The predicted octanol–water partition coefficient (Wildman–Crippen LogP) is 4.03. The third-order valence-corrected chi connectivity index (χ3v) is 6.97. The maximum Gasteiger partial charge on any atom is 0.344 e. The number of carbonyl (C=O) groups excluding carboxylic acids is 2. The first-order valence-electron chi connectivity index (χ1n) is 10.1. The van der Waals surface area contributed by atoms with E-state index in [1.807, 2.05) is 12.1 Å². The number of benzene rings is 1. The van der Waals surface area contributed by atoms with E-state index < -0.39 is 0 Å². The van der Waals surface area contributed by atoms with Crippen molar-refractivity contribution in [2.24, 2.45) is 29.1 Å². The van der Waals surface area contributed by atoms with Gasteiger partial charge in [-0.2, -0.15) is 0 Å². The Morgan fingerprint density at radius 2 is 2.00 bits per heavy atom. The molecule has 0 saturated heterocycles. The van der Waals surface area contributed by atoms with Gasteiger partial charge in [0.25, 0.3) is 0 Å². The fourth-order valence-corrected chi connectivity index (χ4v) is 4.86. The van der Waals surface area contributed by atoms with Gasteiger partial charge in [-0.05, 0) is 61.0 Å². The maximum absolute atomic E-state index is 12.3. The molecule has 4 atom stereocenters. The van der Waals surface area contributed by atoms with Gasteiger partial charge < -0.3 is 14.8 Å². The lowest BCUT2D eigenvalue weighted by Gasteiger charge is -2.61. The number of hydrogen-bond acceptors (Lipinski definition) is 4. The Bertz CT molecular complexity index is 740. The van der Waals surface area contributed by atoms with Crippen LogP contribution >= 0.6 is 0 Å². The predicted molar refractivity (Wildman–Crippen MR) is 102 cm³/mol. The number of nitrogens with one attached hydrogen (secondary N) is 1. The van der Waals surface area contributed by atoms with Crippen LogP contribution in [0.5, 0.6) is 5.75 Å². The number of carbonyl (C=O) groups is 2. The Hall–Kier alpha value is -2.04. The molecule has 4 fully saturated rings. The van der Waals surface area contributed by atoms with Gasteiger partial charge in [-0.15, -0.1) is 0 Å². The number of anilines is 1. The van der Waals surface area contributed by atoms with Crippen LogP contribution in [0.4, 0.5) is 5.69 Å². The number of hydrogen-bond donors (Lipinski definition) is 1. The third-order valence-electron chi connectivity index (χ3n) is 6.97. The lowest BCUT2D eigenvalue weighted by Crippen LogP contribution is -2.57. The first kappa shape index (κ1) is 18.3. The van der Waals surface area contributed by atoms with E-state index in [1.165, 1.54) is 6.42 Å². The molecule has 4 aliphatic carbocycles. The zero-order valence-electron chi connectivity index (χ0n) is 16.4. The second-order valence-electron chi connectivity index (χ2n) is 9.06. The van der Waals surface area contributed by atoms with Crippen LogP contribution in [0.15, 0.2) is 24.3 Å². The minimum atomic E-state index is -0.321. The molecule has 1 amide bonds. The van der Waals surface area contributed by atoms with E-state index in [0.717, 1.165) is 19.3 Å². The van der Waals surface area contributed by atoms with Gasteiger partial charge in [0.15, 0.2) is 6.61 Å². The zero-order valence-corrected chi connectivity index (χ0v) is 16.4. The molecule has 1 aromatic carbocycles. The second kappa shape index (κ2) is 6.84. The van der Waals surface area contributed by atoms with Crippen molar-refractivity contribution >= 4 is 17.6 Å². The van der Waals surface area contributed by atoms with Crippen molar-refractivity contribution in [3.63, 3.8) is 0 Å². The van der Waals surface area contributed by atoms with Gasteiger partial charge in [0.1, 0.15) is 11.9 Å². The number of amides is 1. The topological polar surface area (TPSA) is 64.6 Å². The fourth-order valence-electron chi connectivity index (χ4n) is 4.86. The molecule has 0 aliphatic heterocycles. The van der Waals surface area contributed by atoms with Gasteiger partial charge in [-0.1, -0.05) is 26.8 Å². The number of rotatable bonds is 6. The van der Waals surface area contributed by atoms with Crippen molar-refractivity contribution in [2.75, 3.05) is 11.9 Å². The second-order valence-corrected chi connectivity index (χ2v) is 9.06. The number of esters is 1. The average molecular weight is 371 g/mol. The summed E-state index contributed by atoms with van der Waals surface area (Å²) >= 11 is 0. The molecule has 1 aromatic rings. The van der Waals surface area contributed by atoms with Crippen molar-refractivity contribution < 1.29 is 19.1 Å². The highest BCUT2D eigenvalue weighted by Gasteiger charge is 2.57. The summed E-state index contributed by atoms with van der Waals surface area (Å²) in [6, 6.07) is 7.15. The summed E-state index contributed by atoms with van der Waals surface area (Å²) in [5, 5.41) is 2.89. The molecular weight excluding hydrogens is 342 g/mol. The Kier molecular flexibility index (Phi) is 4.65. The molecular formula is C22H29NO4. The summed E-state index contributed by atoms with van der Waals surface area (Å²) in [5.74, 6) is 2.14. The van der Waals surface area contributed by atoms with E-state index in [2.05, 4.69) is 26.1 Å². The highest BCUT2D eigenvalue weighted by Crippen LogP contribution is 2.61. The first-order valence-corrected chi connectivity index (χ1v) is 10.1. The lowest BCUT2D eigenvalue weighted by molar-refractivity contribution is -0.187. The summed E-state index contributed by atoms with van der Waals surface area (Å²) in [6.07, 6.45) is 4.15. The Morgan fingerprint density at radius 1 is 1.22 bits per heavy atom. The van der Waals surface area contributed by atoms with Gasteiger partial charge in [-0.3, -0.25) is 4.79 Å². The molecule has 2 bridgehead atoms. The Labute approximate surface area is 160 Å². The standard InChI is InChI=1S/C22H29NO4/c1-13-18-9-15(22(18,2)3)10-19(13)27-20(24)12-26-17-6-4-5-16(11-17)23-21(25)14-7-8-14/h4-6,11,13-15,18-19H,7-10,12H2,1-3H3,(H,23,25)/t13-,15+,18+,19-/m0/s1. The summed E-state index contributed by atoms with van der Waals surface area (Å²) in [6.45, 7) is 6.76. The Morgan fingerprint density at radius 3 is 2.67 bits per heavy atom. The molecule has 0 radical (unpaired) electrons. The van der Waals surface area contributed by atoms with Crippen molar-refractivity contribution in [3.8, 4) is 5.75 Å². The van der Waals surface area contributed by atoms with Crippen LogP contribution in [-0.4, -0.2) is 24.6 Å². The van der Waals surface area contributed by atoms with Crippen molar-refractivity contribution in [1.82, 2.24) is 0 Å².